The Morgan fingerprint density at radius 1 is 0.958 bits per heavy atom. The van der Waals surface area contributed by atoms with Gasteiger partial charge in [0.1, 0.15) is 5.58 Å². The predicted octanol–water partition coefficient (Wildman–Crippen LogP) is 5.67. The summed E-state index contributed by atoms with van der Waals surface area (Å²) in [6.45, 7) is 1.79. The molecule has 0 amide bonds. The van der Waals surface area contributed by atoms with Crippen molar-refractivity contribution in [3.63, 3.8) is 0 Å². The van der Waals surface area contributed by atoms with Crippen LogP contribution in [-0.4, -0.2) is 10.2 Å². The molecule has 0 aliphatic rings. The first-order chi connectivity index (χ1) is 11.8. The summed E-state index contributed by atoms with van der Waals surface area (Å²) in [5.41, 5.74) is 3.94. The van der Waals surface area contributed by atoms with E-state index in [0.717, 1.165) is 27.7 Å². The Kier molecular flexibility index (Phi) is 2.84. The summed E-state index contributed by atoms with van der Waals surface area (Å²) >= 11 is 1.75. The number of furan rings is 1. The number of thiophene rings is 1. The van der Waals surface area contributed by atoms with Crippen molar-refractivity contribution in [3.05, 3.63) is 60.0 Å². The molecule has 0 saturated heterocycles. The highest BCUT2D eigenvalue weighted by Crippen LogP contribution is 2.35. The van der Waals surface area contributed by atoms with E-state index in [4.69, 9.17) is 8.83 Å². The van der Waals surface area contributed by atoms with E-state index >= 15 is 0 Å². The zero-order valence-electron chi connectivity index (χ0n) is 12.8. The molecule has 4 nitrogen and oxygen atoms in total. The number of benzene rings is 2. The van der Waals surface area contributed by atoms with E-state index in [2.05, 4.69) is 39.8 Å². The summed E-state index contributed by atoms with van der Waals surface area (Å²) in [5.74, 6) is 1.08. The number of nitrogens with zero attached hydrogens (tertiary/aromatic N) is 2. The standard InChI is InChI=1S/C19H12N2O2S/c1-11-20-21-19(23-11)14-2-4-17-15(9-14)16(10-22-17)12-3-5-18-13(8-12)6-7-24-18/h2-10H,1H3. The molecule has 3 heterocycles. The van der Waals surface area contributed by atoms with Gasteiger partial charge in [0.05, 0.1) is 6.26 Å². The van der Waals surface area contributed by atoms with Gasteiger partial charge in [0.2, 0.25) is 11.8 Å². The third-order valence-electron chi connectivity index (χ3n) is 4.11. The SMILES string of the molecule is Cc1nnc(-c2ccc3occ(-c4ccc5sccc5c4)c3c2)o1. The van der Waals surface area contributed by atoms with Crippen molar-refractivity contribution in [2.75, 3.05) is 0 Å². The third-order valence-corrected chi connectivity index (χ3v) is 5.01. The van der Waals surface area contributed by atoms with Crippen molar-refractivity contribution in [1.29, 1.82) is 0 Å². The van der Waals surface area contributed by atoms with Crippen molar-refractivity contribution >= 4 is 32.4 Å². The molecule has 0 N–H and O–H groups in total. The number of rotatable bonds is 2. The third kappa shape index (κ3) is 2.06. The zero-order valence-corrected chi connectivity index (χ0v) is 13.6. The van der Waals surface area contributed by atoms with E-state index in [0.29, 0.717) is 11.8 Å². The fraction of sp³-hybridized carbons (Fsp3) is 0.0526. The van der Waals surface area contributed by atoms with Gasteiger partial charge in [0, 0.05) is 28.1 Å². The molecule has 5 aromatic rings. The van der Waals surface area contributed by atoms with E-state index in [1.807, 2.05) is 18.2 Å². The summed E-state index contributed by atoms with van der Waals surface area (Å²) in [6.07, 6.45) is 1.81. The van der Waals surface area contributed by atoms with Crippen LogP contribution >= 0.6 is 11.3 Å². The number of fused-ring (bicyclic) bond motifs is 2. The van der Waals surface area contributed by atoms with Gasteiger partial charge in [0.15, 0.2) is 0 Å². The van der Waals surface area contributed by atoms with Crippen molar-refractivity contribution < 1.29 is 8.83 Å². The number of aromatic nitrogens is 2. The molecule has 0 aliphatic heterocycles. The minimum Gasteiger partial charge on any atom is -0.464 e. The molecule has 0 bridgehead atoms. The topological polar surface area (TPSA) is 52.1 Å². The summed E-state index contributed by atoms with van der Waals surface area (Å²) < 4.78 is 12.6. The van der Waals surface area contributed by atoms with Crippen LogP contribution in [0.5, 0.6) is 0 Å². The largest absolute Gasteiger partial charge is 0.464 e. The van der Waals surface area contributed by atoms with Gasteiger partial charge in [-0.3, -0.25) is 0 Å². The lowest BCUT2D eigenvalue weighted by atomic mass is 10.0. The Morgan fingerprint density at radius 2 is 1.88 bits per heavy atom. The maximum absolute atomic E-state index is 5.73. The molecule has 0 fully saturated rings. The first-order valence-corrected chi connectivity index (χ1v) is 8.45. The van der Waals surface area contributed by atoms with Crippen LogP contribution in [-0.2, 0) is 0 Å². The van der Waals surface area contributed by atoms with Gasteiger partial charge in [-0.05, 0) is 52.7 Å². The van der Waals surface area contributed by atoms with Crippen molar-refractivity contribution in [1.82, 2.24) is 10.2 Å². The lowest BCUT2D eigenvalue weighted by molar-refractivity contribution is 0.533. The van der Waals surface area contributed by atoms with Crippen LogP contribution in [0, 0.1) is 6.92 Å². The summed E-state index contributed by atoms with van der Waals surface area (Å²) in [7, 11) is 0. The first-order valence-electron chi connectivity index (χ1n) is 7.57. The van der Waals surface area contributed by atoms with Gasteiger partial charge in [-0.1, -0.05) is 6.07 Å². The highest BCUT2D eigenvalue weighted by Gasteiger charge is 2.13. The lowest BCUT2D eigenvalue weighted by Crippen LogP contribution is -1.79. The molecular formula is C19H12N2O2S. The molecule has 0 unspecified atom stereocenters. The van der Waals surface area contributed by atoms with Crippen LogP contribution < -0.4 is 0 Å². The van der Waals surface area contributed by atoms with E-state index in [1.54, 1.807) is 24.5 Å². The molecule has 0 saturated carbocycles. The minimum atomic E-state index is 0.523. The second kappa shape index (κ2) is 5.04. The molecular weight excluding hydrogens is 320 g/mol. The molecule has 2 aromatic carbocycles. The van der Waals surface area contributed by atoms with Crippen LogP contribution in [0.3, 0.4) is 0 Å². The molecule has 0 atom stereocenters. The van der Waals surface area contributed by atoms with Gasteiger partial charge < -0.3 is 8.83 Å². The van der Waals surface area contributed by atoms with Crippen LogP contribution in [0.4, 0.5) is 0 Å². The van der Waals surface area contributed by atoms with Gasteiger partial charge in [-0.2, -0.15) is 0 Å². The van der Waals surface area contributed by atoms with Gasteiger partial charge >= 0.3 is 0 Å². The molecule has 0 spiro atoms. The van der Waals surface area contributed by atoms with Crippen molar-refractivity contribution in [3.8, 4) is 22.6 Å². The normalized spacial score (nSPS) is 11.5. The molecule has 24 heavy (non-hydrogen) atoms. The Labute approximate surface area is 141 Å². The molecule has 3 aromatic heterocycles. The van der Waals surface area contributed by atoms with Crippen molar-refractivity contribution in [2.45, 2.75) is 6.92 Å². The molecule has 5 heteroatoms. The quantitative estimate of drug-likeness (QED) is 0.418. The molecule has 0 radical (unpaired) electrons. The fourth-order valence-corrected chi connectivity index (χ4v) is 3.70. The summed E-state index contributed by atoms with van der Waals surface area (Å²) in [5, 5.41) is 12.4. The second-order valence-electron chi connectivity index (χ2n) is 5.66. The second-order valence-corrected chi connectivity index (χ2v) is 6.61. The molecule has 0 aliphatic carbocycles. The maximum Gasteiger partial charge on any atom is 0.247 e. The van der Waals surface area contributed by atoms with E-state index in [-0.39, 0.29) is 0 Å². The minimum absolute atomic E-state index is 0.523. The number of aryl methyl sites for hydroxylation is 1. The van der Waals surface area contributed by atoms with Crippen LogP contribution in [0.25, 0.3) is 43.6 Å². The predicted molar refractivity (Wildman–Crippen MR) is 95.1 cm³/mol. The number of hydrogen-bond donors (Lipinski definition) is 0. The highest BCUT2D eigenvalue weighted by atomic mass is 32.1. The lowest BCUT2D eigenvalue weighted by Gasteiger charge is -2.01. The van der Waals surface area contributed by atoms with Crippen molar-refractivity contribution in [2.24, 2.45) is 0 Å². The summed E-state index contributed by atoms with van der Waals surface area (Å²) in [4.78, 5) is 0. The van der Waals surface area contributed by atoms with Gasteiger partial charge in [-0.25, -0.2) is 0 Å². The van der Waals surface area contributed by atoms with E-state index < -0.39 is 0 Å². The van der Waals surface area contributed by atoms with E-state index in [1.165, 1.54) is 10.1 Å². The molecule has 116 valence electrons. The number of hydrogen-bond acceptors (Lipinski definition) is 5. The van der Waals surface area contributed by atoms with Crippen LogP contribution in [0.15, 0.2) is 62.9 Å². The maximum atomic E-state index is 5.73. The van der Waals surface area contributed by atoms with Crippen LogP contribution in [0.2, 0.25) is 0 Å². The molecule has 5 rings (SSSR count). The zero-order chi connectivity index (χ0) is 16.1. The Bertz CT molecular complexity index is 1180. The smallest absolute Gasteiger partial charge is 0.247 e. The fourth-order valence-electron chi connectivity index (χ4n) is 2.93. The van der Waals surface area contributed by atoms with Crippen LogP contribution in [0.1, 0.15) is 5.89 Å². The average molecular weight is 332 g/mol. The Morgan fingerprint density at radius 3 is 2.75 bits per heavy atom. The van der Waals surface area contributed by atoms with Gasteiger partial charge in [0.25, 0.3) is 0 Å². The Hall–Kier alpha value is -2.92. The van der Waals surface area contributed by atoms with Gasteiger partial charge in [-0.15, -0.1) is 21.5 Å². The highest BCUT2D eigenvalue weighted by molar-refractivity contribution is 7.17. The monoisotopic (exact) mass is 332 g/mol. The average Bonchev–Trinajstić information content (AvgIpc) is 3.32. The van der Waals surface area contributed by atoms with E-state index in [9.17, 15) is 0 Å². The summed E-state index contributed by atoms with van der Waals surface area (Å²) in [6, 6.07) is 14.5. The Balaban J connectivity index is 1.70. The first kappa shape index (κ1) is 13.5.